The average Bonchev–Trinajstić information content (AvgIpc) is 3.20. The average molecular weight is 335 g/mol. The van der Waals surface area contributed by atoms with E-state index in [2.05, 4.69) is 34.7 Å². The van der Waals surface area contributed by atoms with Crippen molar-refractivity contribution in [3.8, 4) is 0 Å². The maximum Gasteiger partial charge on any atom is 0.261 e. The van der Waals surface area contributed by atoms with E-state index >= 15 is 0 Å². The molecule has 3 rings (SSSR count). The third-order valence-corrected chi connectivity index (χ3v) is 6.23. The van der Waals surface area contributed by atoms with Crippen molar-refractivity contribution in [2.24, 2.45) is 0 Å². The minimum absolute atomic E-state index is 0.0563. The molecule has 1 N–H and O–H groups in total. The Morgan fingerprint density at radius 2 is 2.00 bits per heavy atom. The Hall–Kier alpha value is -1.17. The lowest BCUT2D eigenvalue weighted by Crippen LogP contribution is -2.43. The topological polar surface area (TPSA) is 32.3 Å². The van der Waals surface area contributed by atoms with Crippen molar-refractivity contribution in [3.05, 3.63) is 44.3 Å². The zero-order chi connectivity index (χ0) is 15.5. The van der Waals surface area contributed by atoms with Crippen molar-refractivity contribution in [1.29, 1.82) is 0 Å². The molecule has 22 heavy (non-hydrogen) atoms. The predicted octanol–water partition coefficient (Wildman–Crippen LogP) is 4.07. The Morgan fingerprint density at radius 1 is 1.23 bits per heavy atom. The first-order valence-electron chi connectivity index (χ1n) is 7.79. The largest absolute Gasteiger partial charge is 0.347 e. The highest BCUT2D eigenvalue weighted by atomic mass is 32.1. The summed E-state index contributed by atoms with van der Waals surface area (Å²) in [7, 11) is 0. The zero-order valence-electron chi connectivity index (χ0n) is 13.0. The number of aryl methyl sites for hydroxylation is 1. The van der Waals surface area contributed by atoms with Gasteiger partial charge in [0.05, 0.1) is 10.9 Å². The quantitative estimate of drug-likeness (QED) is 0.894. The fourth-order valence-corrected chi connectivity index (χ4v) is 4.97. The molecule has 0 bridgehead atoms. The summed E-state index contributed by atoms with van der Waals surface area (Å²) in [6.07, 6.45) is 2.51. The minimum atomic E-state index is 0.0563. The van der Waals surface area contributed by atoms with Gasteiger partial charge in [-0.25, -0.2) is 0 Å². The van der Waals surface area contributed by atoms with Crippen LogP contribution in [0.1, 0.15) is 45.9 Å². The summed E-state index contributed by atoms with van der Waals surface area (Å²) in [4.78, 5) is 17.2. The van der Waals surface area contributed by atoms with Crippen LogP contribution < -0.4 is 5.32 Å². The van der Waals surface area contributed by atoms with Crippen molar-refractivity contribution in [3.63, 3.8) is 0 Å². The number of nitrogens with one attached hydrogen (secondary N) is 1. The number of carbonyl (C=O) groups excluding carboxylic acids is 1. The van der Waals surface area contributed by atoms with Gasteiger partial charge in [0.2, 0.25) is 0 Å². The van der Waals surface area contributed by atoms with Crippen LogP contribution in [0, 0.1) is 6.92 Å². The smallest absolute Gasteiger partial charge is 0.261 e. The molecule has 1 fully saturated rings. The standard InChI is InChI=1S/C17H22N2OS2/c1-12-7-11-22-16(12)17(20)18-13(2)15(14-6-5-10-21-14)19-8-3-4-9-19/h5-7,10-11,13,15H,3-4,8-9H2,1-2H3,(H,18,20)/t13-,15-/m1/s1. The first-order valence-corrected chi connectivity index (χ1v) is 9.55. The van der Waals surface area contributed by atoms with E-state index in [1.165, 1.54) is 29.1 Å². The van der Waals surface area contributed by atoms with Gasteiger partial charge in [-0.3, -0.25) is 9.69 Å². The molecule has 0 radical (unpaired) electrons. The molecule has 0 spiro atoms. The first kappa shape index (κ1) is 15.7. The number of thiophene rings is 2. The Morgan fingerprint density at radius 3 is 2.59 bits per heavy atom. The van der Waals surface area contributed by atoms with Crippen LogP contribution in [-0.4, -0.2) is 29.9 Å². The molecule has 0 aromatic carbocycles. The molecule has 1 aliphatic rings. The molecule has 2 aromatic heterocycles. The predicted molar refractivity (Wildman–Crippen MR) is 93.9 cm³/mol. The Bertz CT molecular complexity index is 614. The van der Waals surface area contributed by atoms with Gasteiger partial charge >= 0.3 is 0 Å². The Kier molecular flexibility index (Phi) is 4.96. The fraction of sp³-hybridized carbons (Fsp3) is 0.471. The molecule has 5 heteroatoms. The summed E-state index contributed by atoms with van der Waals surface area (Å²) in [5.41, 5.74) is 1.06. The van der Waals surface area contributed by atoms with E-state index in [0.717, 1.165) is 23.5 Å². The number of carbonyl (C=O) groups is 1. The van der Waals surface area contributed by atoms with Gasteiger partial charge in [-0.15, -0.1) is 22.7 Å². The molecule has 3 nitrogen and oxygen atoms in total. The lowest BCUT2D eigenvalue weighted by Gasteiger charge is -2.32. The minimum Gasteiger partial charge on any atom is -0.347 e. The van der Waals surface area contributed by atoms with Gasteiger partial charge < -0.3 is 5.32 Å². The maximum absolute atomic E-state index is 12.5. The highest BCUT2D eigenvalue weighted by Crippen LogP contribution is 2.31. The van der Waals surface area contributed by atoms with Crippen LogP contribution in [0.4, 0.5) is 0 Å². The van der Waals surface area contributed by atoms with Crippen LogP contribution in [0.3, 0.4) is 0 Å². The van der Waals surface area contributed by atoms with Crippen molar-refractivity contribution >= 4 is 28.6 Å². The normalized spacial score (nSPS) is 18.3. The van der Waals surface area contributed by atoms with Gasteiger partial charge in [-0.1, -0.05) is 6.07 Å². The second kappa shape index (κ2) is 6.94. The molecule has 0 saturated carbocycles. The monoisotopic (exact) mass is 334 g/mol. The molecular weight excluding hydrogens is 312 g/mol. The van der Waals surface area contributed by atoms with Gasteiger partial charge in [0.15, 0.2) is 0 Å². The van der Waals surface area contributed by atoms with E-state index in [4.69, 9.17) is 0 Å². The number of hydrogen-bond donors (Lipinski definition) is 1. The lowest BCUT2D eigenvalue weighted by molar-refractivity contribution is 0.0911. The van der Waals surface area contributed by atoms with Crippen LogP contribution >= 0.6 is 22.7 Å². The maximum atomic E-state index is 12.5. The van der Waals surface area contributed by atoms with Gasteiger partial charge in [0.25, 0.3) is 5.91 Å². The molecule has 0 aliphatic carbocycles. The lowest BCUT2D eigenvalue weighted by atomic mass is 10.1. The number of nitrogens with zero attached hydrogens (tertiary/aromatic N) is 1. The summed E-state index contributed by atoms with van der Waals surface area (Å²) in [6, 6.07) is 6.67. The molecule has 118 valence electrons. The van der Waals surface area contributed by atoms with E-state index in [9.17, 15) is 4.79 Å². The van der Waals surface area contributed by atoms with E-state index in [0.29, 0.717) is 0 Å². The summed E-state index contributed by atoms with van der Waals surface area (Å²) in [5, 5.41) is 7.32. The van der Waals surface area contributed by atoms with Gasteiger partial charge in [0, 0.05) is 10.9 Å². The summed E-state index contributed by atoms with van der Waals surface area (Å²) < 4.78 is 0. The molecular formula is C17H22N2OS2. The SMILES string of the molecule is Cc1ccsc1C(=O)N[C@H](C)[C@H](c1cccs1)N1CCCC1. The van der Waals surface area contributed by atoms with Crippen molar-refractivity contribution in [1.82, 2.24) is 10.2 Å². The summed E-state index contributed by atoms with van der Waals surface area (Å²) in [6.45, 7) is 6.37. The van der Waals surface area contributed by atoms with E-state index < -0.39 is 0 Å². The van der Waals surface area contributed by atoms with Crippen LogP contribution in [-0.2, 0) is 0 Å². The Balaban J connectivity index is 1.76. The second-order valence-corrected chi connectivity index (χ2v) is 7.79. The second-order valence-electron chi connectivity index (χ2n) is 5.90. The highest BCUT2D eigenvalue weighted by molar-refractivity contribution is 7.12. The molecule has 3 heterocycles. The van der Waals surface area contributed by atoms with Crippen molar-refractivity contribution in [2.75, 3.05) is 13.1 Å². The van der Waals surface area contributed by atoms with Crippen LogP contribution in [0.25, 0.3) is 0 Å². The van der Waals surface area contributed by atoms with Crippen LogP contribution in [0.5, 0.6) is 0 Å². The molecule has 2 aromatic rings. The molecule has 0 unspecified atom stereocenters. The first-order chi connectivity index (χ1) is 10.7. The number of hydrogen-bond acceptors (Lipinski definition) is 4. The third-order valence-electron chi connectivity index (χ3n) is 4.27. The van der Waals surface area contributed by atoms with Gasteiger partial charge in [-0.2, -0.15) is 0 Å². The third kappa shape index (κ3) is 3.26. The van der Waals surface area contributed by atoms with E-state index in [1.54, 1.807) is 11.3 Å². The Labute approximate surface area is 140 Å². The summed E-state index contributed by atoms with van der Waals surface area (Å²) >= 11 is 3.30. The van der Waals surface area contributed by atoms with Gasteiger partial charge in [-0.05, 0) is 68.2 Å². The number of amides is 1. The number of rotatable bonds is 5. The van der Waals surface area contributed by atoms with Gasteiger partial charge in [0.1, 0.15) is 0 Å². The molecule has 1 amide bonds. The van der Waals surface area contributed by atoms with Crippen LogP contribution in [0.15, 0.2) is 29.0 Å². The van der Waals surface area contributed by atoms with Crippen molar-refractivity contribution < 1.29 is 4.79 Å². The highest BCUT2D eigenvalue weighted by Gasteiger charge is 2.30. The van der Waals surface area contributed by atoms with E-state index in [1.807, 2.05) is 18.4 Å². The number of likely N-dealkylation sites (tertiary alicyclic amines) is 1. The summed E-state index contributed by atoms with van der Waals surface area (Å²) in [5.74, 6) is 0.0563. The van der Waals surface area contributed by atoms with E-state index in [-0.39, 0.29) is 18.0 Å². The molecule has 2 atom stereocenters. The van der Waals surface area contributed by atoms with Crippen LogP contribution in [0.2, 0.25) is 0 Å². The van der Waals surface area contributed by atoms with Crippen molar-refractivity contribution in [2.45, 2.75) is 38.8 Å². The molecule has 1 aliphatic heterocycles. The molecule has 1 saturated heterocycles. The fourth-order valence-electron chi connectivity index (χ4n) is 3.18. The zero-order valence-corrected chi connectivity index (χ0v) is 14.7.